The van der Waals surface area contributed by atoms with Crippen molar-refractivity contribution in [3.05, 3.63) is 54.6 Å². The van der Waals surface area contributed by atoms with Crippen LogP contribution in [0.2, 0.25) is 0 Å². The first-order chi connectivity index (χ1) is 16.6. The van der Waals surface area contributed by atoms with Gasteiger partial charge in [-0.3, -0.25) is 4.98 Å². The Bertz CT molecular complexity index is 1120. The number of carbonyl (C=O) groups excluding carboxylic acids is 1. The predicted molar refractivity (Wildman–Crippen MR) is 135 cm³/mol. The Morgan fingerprint density at radius 2 is 1.89 bits per heavy atom. The molecule has 186 valence electrons. The summed E-state index contributed by atoms with van der Waals surface area (Å²) in [6.45, 7) is 6.81. The molecule has 0 aliphatic heterocycles. The Morgan fingerprint density at radius 3 is 2.57 bits per heavy atom. The fraction of sp³-hybridized carbons (Fsp3) is 0.400. The second-order valence-electron chi connectivity index (χ2n) is 9.21. The fourth-order valence-electron chi connectivity index (χ4n) is 3.21. The smallest absolute Gasteiger partial charge is 0.410 e. The number of nitrogens with zero attached hydrogens (tertiary/aromatic N) is 6. The van der Waals surface area contributed by atoms with Gasteiger partial charge in [-0.1, -0.05) is 0 Å². The first-order valence-corrected chi connectivity index (χ1v) is 11.4. The van der Waals surface area contributed by atoms with Crippen molar-refractivity contribution in [1.82, 2.24) is 24.8 Å². The third-order valence-electron chi connectivity index (χ3n) is 5.02. The summed E-state index contributed by atoms with van der Waals surface area (Å²) in [7, 11) is 3.71. The van der Waals surface area contributed by atoms with Crippen molar-refractivity contribution in [2.45, 2.75) is 39.4 Å². The van der Waals surface area contributed by atoms with E-state index in [2.05, 4.69) is 25.3 Å². The molecule has 0 saturated carbocycles. The molecule has 0 spiro atoms. The number of carbonyl (C=O) groups is 1. The Balaban J connectivity index is 1.56. The van der Waals surface area contributed by atoms with E-state index in [0.717, 1.165) is 30.0 Å². The molecule has 0 radical (unpaired) electrons. The van der Waals surface area contributed by atoms with Gasteiger partial charge in [-0.25, -0.2) is 19.7 Å². The summed E-state index contributed by atoms with van der Waals surface area (Å²) in [6, 6.07) is 7.52. The minimum Gasteiger partial charge on any atom is -0.444 e. The molecule has 0 bridgehead atoms. The molecule has 10 heteroatoms. The summed E-state index contributed by atoms with van der Waals surface area (Å²) in [4.78, 5) is 33.2. The standard InChI is InChI=1S/C25H33N7O3/c1-25(2,3)35-24(34)32(5)12-6-11-31(4)22-8-7-19(15-28-22)21-9-10-27-23(30-21)29-20-13-18(17-33)14-26-16-20/h7-10,13-16,33H,6,11-12,17H2,1-5H3,(H,27,29,30). The Kier molecular flexibility index (Phi) is 8.53. The molecule has 3 heterocycles. The van der Waals surface area contributed by atoms with Gasteiger partial charge in [0, 0.05) is 51.3 Å². The average molecular weight is 480 g/mol. The molecule has 0 fully saturated rings. The van der Waals surface area contributed by atoms with Crippen LogP contribution in [-0.2, 0) is 11.3 Å². The minimum atomic E-state index is -0.503. The molecule has 0 atom stereocenters. The van der Waals surface area contributed by atoms with Crippen LogP contribution in [0, 0.1) is 0 Å². The highest BCUT2D eigenvalue weighted by Crippen LogP contribution is 2.21. The maximum absolute atomic E-state index is 12.1. The van der Waals surface area contributed by atoms with E-state index in [0.29, 0.717) is 23.7 Å². The van der Waals surface area contributed by atoms with E-state index in [1.165, 1.54) is 0 Å². The Hall–Kier alpha value is -3.79. The van der Waals surface area contributed by atoms with Gasteiger partial charge in [0.05, 0.1) is 24.2 Å². The Labute approximate surface area is 206 Å². The average Bonchev–Trinajstić information content (AvgIpc) is 2.83. The van der Waals surface area contributed by atoms with Crippen LogP contribution >= 0.6 is 0 Å². The van der Waals surface area contributed by atoms with Crippen LogP contribution in [-0.4, -0.2) is 68.8 Å². The van der Waals surface area contributed by atoms with Crippen LogP contribution in [0.25, 0.3) is 11.3 Å². The van der Waals surface area contributed by atoms with E-state index in [1.807, 2.05) is 50.9 Å². The van der Waals surface area contributed by atoms with E-state index in [-0.39, 0.29) is 12.7 Å². The van der Waals surface area contributed by atoms with E-state index in [1.54, 1.807) is 42.8 Å². The van der Waals surface area contributed by atoms with Crippen molar-refractivity contribution in [2.75, 3.05) is 37.4 Å². The highest BCUT2D eigenvalue weighted by Gasteiger charge is 2.19. The summed E-state index contributed by atoms with van der Waals surface area (Å²) in [5.41, 5.74) is 2.48. The third-order valence-corrected chi connectivity index (χ3v) is 5.02. The van der Waals surface area contributed by atoms with Crippen molar-refractivity contribution < 1.29 is 14.6 Å². The summed E-state index contributed by atoms with van der Waals surface area (Å²) in [5.74, 6) is 1.25. The minimum absolute atomic E-state index is 0.0870. The predicted octanol–water partition coefficient (Wildman–Crippen LogP) is 3.86. The lowest BCUT2D eigenvalue weighted by Crippen LogP contribution is -2.35. The molecule has 0 unspecified atom stereocenters. The summed E-state index contributed by atoms with van der Waals surface area (Å²) >= 11 is 0. The summed E-state index contributed by atoms with van der Waals surface area (Å²) < 4.78 is 5.38. The lowest BCUT2D eigenvalue weighted by atomic mass is 10.2. The topological polar surface area (TPSA) is 117 Å². The van der Waals surface area contributed by atoms with Crippen LogP contribution in [0.1, 0.15) is 32.8 Å². The molecule has 1 amide bonds. The highest BCUT2D eigenvalue weighted by atomic mass is 16.6. The maximum Gasteiger partial charge on any atom is 0.410 e. The quantitative estimate of drug-likeness (QED) is 0.472. The second kappa shape index (κ2) is 11.6. The van der Waals surface area contributed by atoms with Gasteiger partial charge in [-0.05, 0) is 57.0 Å². The van der Waals surface area contributed by atoms with Crippen LogP contribution in [0.4, 0.5) is 22.2 Å². The van der Waals surface area contributed by atoms with Gasteiger partial charge in [0.25, 0.3) is 0 Å². The summed E-state index contributed by atoms with van der Waals surface area (Å²) in [6.07, 6.45) is 7.16. The zero-order chi connectivity index (χ0) is 25.4. The van der Waals surface area contributed by atoms with Crippen molar-refractivity contribution in [2.24, 2.45) is 0 Å². The van der Waals surface area contributed by atoms with Gasteiger partial charge in [0.2, 0.25) is 5.95 Å². The molecule has 2 N–H and O–H groups in total. The van der Waals surface area contributed by atoms with Gasteiger partial charge in [-0.15, -0.1) is 0 Å². The van der Waals surface area contributed by atoms with Crippen molar-refractivity contribution >= 4 is 23.5 Å². The fourth-order valence-corrected chi connectivity index (χ4v) is 3.21. The van der Waals surface area contributed by atoms with Gasteiger partial charge in [-0.2, -0.15) is 0 Å². The first kappa shape index (κ1) is 25.8. The van der Waals surface area contributed by atoms with E-state index < -0.39 is 5.60 Å². The monoisotopic (exact) mass is 479 g/mol. The lowest BCUT2D eigenvalue weighted by molar-refractivity contribution is 0.0298. The molecule has 3 rings (SSSR count). The van der Waals surface area contributed by atoms with Gasteiger partial charge in [0.15, 0.2) is 0 Å². The molecule has 35 heavy (non-hydrogen) atoms. The van der Waals surface area contributed by atoms with Crippen molar-refractivity contribution in [1.29, 1.82) is 0 Å². The number of nitrogens with one attached hydrogen (secondary N) is 1. The van der Waals surface area contributed by atoms with Crippen molar-refractivity contribution in [3.8, 4) is 11.3 Å². The molecule has 0 aliphatic carbocycles. The lowest BCUT2D eigenvalue weighted by Gasteiger charge is -2.25. The number of pyridine rings is 2. The van der Waals surface area contributed by atoms with E-state index >= 15 is 0 Å². The highest BCUT2D eigenvalue weighted by molar-refractivity contribution is 5.67. The van der Waals surface area contributed by atoms with Crippen LogP contribution in [0.15, 0.2) is 49.1 Å². The molecular formula is C25H33N7O3. The number of aliphatic hydroxyl groups excluding tert-OH is 1. The van der Waals surface area contributed by atoms with Crippen molar-refractivity contribution in [3.63, 3.8) is 0 Å². The number of aromatic nitrogens is 4. The molecular weight excluding hydrogens is 446 g/mol. The number of hydrogen-bond donors (Lipinski definition) is 2. The summed E-state index contributed by atoms with van der Waals surface area (Å²) in [5, 5.41) is 12.4. The van der Waals surface area contributed by atoms with Gasteiger partial charge in [0.1, 0.15) is 11.4 Å². The Morgan fingerprint density at radius 1 is 1.09 bits per heavy atom. The number of amides is 1. The normalized spacial score (nSPS) is 11.1. The van der Waals surface area contributed by atoms with Crippen LogP contribution < -0.4 is 10.2 Å². The number of hydrogen-bond acceptors (Lipinski definition) is 9. The zero-order valence-electron chi connectivity index (χ0n) is 20.9. The van der Waals surface area contributed by atoms with Crippen LogP contribution in [0.3, 0.4) is 0 Å². The molecule has 3 aromatic heterocycles. The number of anilines is 3. The van der Waals surface area contributed by atoms with E-state index in [9.17, 15) is 9.90 Å². The molecule has 0 aromatic carbocycles. The molecule has 3 aromatic rings. The number of aliphatic hydroxyl groups is 1. The number of rotatable bonds is 9. The van der Waals surface area contributed by atoms with Gasteiger partial charge < -0.3 is 25.0 Å². The molecule has 10 nitrogen and oxygen atoms in total. The SMILES string of the molecule is CN(CCCN(C)c1ccc(-c2ccnc(Nc3cncc(CO)c3)n2)cn1)C(=O)OC(C)(C)C. The molecule has 0 saturated heterocycles. The van der Waals surface area contributed by atoms with E-state index in [4.69, 9.17) is 4.74 Å². The van der Waals surface area contributed by atoms with Gasteiger partial charge >= 0.3 is 6.09 Å². The molecule has 0 aliphatic rings. The largest absolute Gasteiger partial charge is 0.444 e. The maximum atomic E-state index is 12.1. The number of ether oxygens (including phenoxy) is 1. The third kappa shape index (κ3) is 7.89. The first-order valence-electron chi connectivity index (χ1n) is 11.4. The second-order valence-corrected chi connectivity index (χ2v) is 9.21. The zero-order valence-corrected chi connectivity index (χ0v) is 20.9. The van der Waals surface area contributed by atoms with Crippen LogP contribution in [0.5, 0.6) is 0 Å².